The van der Waals surface area contributed by atoms with Crippen LogP contribution in [0.25, 0.3) is 0 Å². The minimum absolute atomic E-state index is 0.0750. The van der Waals surface area contributed by atoms with E-state index in [0.717, 1.165) is 54.3 Å². The highest BCUT2D eigenvalue weighted by atomic mass is 28.4. The second-order valence-electron chi connectivity index (χ2n) is 11.1. The Morgan fingerprint density at radius 1 is 1.12 bits per heavy atom. The molecular formula is C27H39N3O3Si. The Morgan fingerprint density at radius 3 is 2.44 bits per heavy atom. The minimum atomic E-state index is -1.82. The number of amides is 1. The molecule has 0 aliphatic carbocycles. The summed E-state index contributed by atoms with van der Waals surface area (Å²) in [4.78, 5) is 22.2. The van der Waals surface area contributed by atoms with E-state index in [1.807, 2.05) is 41.3 Å². The molecule has 0 spiro atoms. The topological polar surface area (TPSA) is 54.9 Å². The number of carbonyl (C=O) groups is 1. The van der Waals surface area contributed by atoms with E-state index in [0.29, 0.717) is 19.7 Å². The predicted octanol–water partition coefficient (Wildman–Crippen LogP) is 5.42. The van der Waals surface area contributed by atoms with E-state index in [9.17, 15) is 4.79 Å². The summed E-state index contributed by atoms with van der Waals surface area (Å²) in [6.45, 7) is 16.8. The van der Waals surface area contributed by atoms with Crippen molar-refractivity contribution in [3.05, 3.63) is 53.2 Å². The number of fused-ring (bicyclic) bond motifs is 1. The Morgan fingerprint density at radius 2 is 1.79 bits per heavy atom. The Labute approximate surface area is 205 Å². The van der Waals surface area contributed by atoms with Gasteiger partial charge in [-0.2, -0.15) is 0 Å². The van der Waals surface area contributed by atoms with Crippen LogP contribution in [0.15, 0.2) is 36.4 Å². The molecule has 4 rings (SSSR count). The maximum atomic E-state index is 13.0. The van der Waals surface area contributed by atoms with Crippen molar-refractivity contribution in [1.29, 1.82) is 0 Å². The molecule has 0 bridgehead atoms. The molecule has 7 heteroatoms. The second kappa shape index (κ2) is 9.70. The number of hydrogen-bond donors (Lipinski definition) is 0. The highest BCUT2D eigenvalue weighted by Gasteiger charge is 2.38. The van der Waals surface area contributed by atoms with Crippen LogP contribution in [0.5, 0.6) is 5.75 Å². The van der Waals surface area contributed by atoms with Crippen molar-refractivity contribution in [3.63, 3.8) is 0 Å². The SMILES string of the molecule is Cc1cc2c(nc1N1CCC(Oc3ccccc3)CC1)CN(CCO[Si](C)(C)C(C)(C)C)C2=O. The first-order valence-corrected chi connectivity index (χ1v) is 15.4. The standard InChI is InChI=1S/C27H39N3O3Si/c1-20-18-23-24(19-30(26(23)31)16-17-32-34(5,6)27(2,3)4)28-25(20)29-14-12-22(13-15-29)33-21-10-8-7-9-11-21/h7-11,18,22H,12-17,19H2,1-6H3. The molecular weight excluding hydrogens is 442 g/mol. The summed E-state index contributed by atoms with van der Waals surface area (Å²) < 4.78 is 12.4. The second-order valence-corrected chi connectivity index (χ2v) is 15.9. The van der Waals surface area contributed by atoms with Crippen LogP contribution in [0.4, 0.5) is 5.82 Å². The summed E-state index contributed by atoms with van der Waals surface area (Å²) in [5.74, 6) is 2.01. The number of piperidine rings is 1. The van der Waals surface area contributed by atoms with Crippen molar-refractivity contribution in [2.75, 3.05) is 31.1 Å². The van der Waals surface area contributed by atoms with Gasteiger partial charge in [0.15, 0.2) is 8.32 Å². The normalized spacial score (nSPS) is 17.3. The number of nitrogens with zero attached hydrogens (tertiary/aromatic N) is 3. The molecule has 1 saturated heterocycles. The third-order valence-corrected chi connectivity index (χ3v) is 12.1. The van der Waals surface area contributed by atoms with Gasteiger partial charge in [0.1, 0.15) is 17.7 Å². The predicted molar refractivity (Wildman–Crippen MR) is 139 cm³/mol. The molecule has 34 heavy (non-hydrogen) atoms. The van der Waals surface area contributed by atoms with Crippen LogP contribution < -0.4 is 9.64 Å². The summed E-state index contributed by atoms with van der Waals surface area (Å²) in [5, 5.41) is 0.165. The van der Waals surface area contributed by atoms with E-state index >= 15 is 0 Å². The summed E-state index contributed by atoms with van der Waals surface area (Å²) >= 11 is 0. The minimum Gasteiger partial charge on any atom is -0.490 e. The lowest BCUT2D eigenvalue weighted by Crippen LogP contribution is -2.42. The van der Waals surface area contributed by atoms with Crippen molar-refractivity contribution >= 4 is 20.0 Å². The van der Waals surface area contributed by atoms with Crippen molar-refractivity contribution in [2.24, 2.45) is 0 Å². The number of hydrogen-bond acceptors (Lipinski definition) is 5. The number of anilines is 1. The van der Waals surface area contributed by atoms with Crippen molar-refractivity contribution < 1.29 is 14.0 Å². The highest BCUT2D eigenvalue weighted by Crippen LogP contribution is 2.36. The van der Waals surface area contributed by atoms with Gasteiger partial charge in [0.25, 0.3) is 5.91 Å². The summed E-state index contributed by atoms with van der Waals surface area (Å²) in [6.07, 6.45) is 2.15. The van der Waals surface area contributed by atoms with Crippen LogP contribution in [-0.4, -0.2) is 56.5 Å². The van der Waals surface area contributed by atoms with E-state index in [2.05, 4.69) is 45.7 Å². The first-order valence-electron chi connectivity index (χ1n) is 12.5. The smallest absolute Gasteiger partial charge is 0.256 e. The first-order chi connectivity index (χ1) is 16.0. The molecule has 0 saturated carbocycles. The Balaban J connectivity index is 1.35. The number of rotatable bonds is 7. The van der Waals surface area contributed by atoms with Gasteiger partial charge >= 0.3 is 0 Å². The van der Waals surface area contributed by atoms with E-state index in [4.69, 9.17) is 14.1 Å². The van der Waals surface area contributed by atoms with Crippen LogP contribution in [-0.2, 0) is 11.0 Å². The van der Waals surface area contributed by atoms with Crippen LogP contribution in [0.3, 0.4) is 0 Å². The lowest BCUT2D eigenvalue weighted by Gasteiger charge is -2.36. The number of aromatic nitrogens is 1. The van der Waals surface area contributed by atoms with Gasteiger partial charge in [-0.05, 0) is 48.8 Å². The molecule has 2 aromatic rings. The number of ether oxygens (including phenoxy) is 1. The maximum Gasteiger partial charge on any atom is 0.256 e. The van der Waals surface area contributed by atoms with Crippen molar-refractivity contribution in [3.8, 4) is 5.75 Å². The third-order valence-electron chi connectivity index (χ3n) is 7.54. The highest BCUT2D eigenvalue weighted by molar-refractivity contribution is 6.74. The van der Waals surface area contributed by atoms with Gasteiger partial charge in [-0.1, -0.05) is 39.0 Å². The Kier molecular flexibility index (Phi) is 7.06. The lowest BCUT2D eigenvalue weighted by molar-refractivity contribution is 0.0748. The maximum absolute atomic E-state index is 13.0. The molecule has 0 unspecified atom stereocenters. The molecule has 1 amide bonds. The van der Waals surface area contributed by atoms with Gasteiger partial charge in [0.2, 0.25) is 0 Å². The molecule has 1 fully saturated rings. The first kappa shape index (κ1) is 24.7. The molecule has 184 valence electrons. The van der Waals surface area contributed by atoms with E-state index < -0.39 is 8.32 Å². The number of para-hydroxylation sites is 1. The van der Waals surface area contributed by atoms with Crippen LogP contribution in [0.1, 0.15) is 55.2 Å². The molecule has 0 radical (unpaired) electrons. The van der Waals surface area contributed by atoms with Crippen LogP contribution in [0.2, 0.25) is 18.1 Å². The zero-order valence-electron chi connectivity index (χ0n) is 21.6. The van der Waals surface area contributed by atoms with Crippen molar-refractivity contribution in [1.82, 2.24) is 9.88 Å². The van der Waals surface area contributed by atoms with E-state index in [1.54, 1.807) is 0 Å². The number of pyridine rings is 1. The average molecular weight is 482 g/mol. The average Bonchev–Trinajstić information content (AvgIpc) is 3.08. The quantitative estimate of drug-likeness (QED) is 0.495. The molecule has 1 aromatic carbocycles. The lowest BCUT2D eigenvalue weighted by atomic mass is 10.1. The number of aryl methyl sites for hydroxylation is 1. The summed E-state index contributed by atoms with van der Waals surface area (Å²) in [5.41, 5.74) is 2.70. The molecule has 1 aromatic heterocycles. The van der Waals surface area contributed by atoms with Crippen molar-refractivity contribution in [2.45, 2.75) is 71.3 Å². The number of carbonyl (C=O) groups excluding carboxylic acids is 1. The fourth-order valence-corrected chi connectivity index (χ4v) is 5.41. The largest absolute Gasteiger partial charge is 0.490 e. The van der Waals surface area contributed by atoms with Gasteiger partial charge in [-0.25, -0.2) is 4.98 Å². The van der Waals surface area contributed by atoms with E-state index in [-0.39, 0.29) is 17.0 Å². The van der Waals surface area contributed by atoms with Crippen LogP contribution in [0, 0.1) is 6.92 Å². The van der Waals surface area contributed by atoms with Gasteiger partial charge < -0.3 is 19.0 Å². The third kappa shape index (κ3) is 5.30. The number of benzene rings is 1. The molecule has 0 atom stereocenters. The van der Waals surface area contributed by atoms with Gasteiger partial charge in [-0.15, -0.1) is 0 Å². The molecule has 2 aliphatic rings. The van der Waals surface area contributed by atoms with E-state index in [1.165, 1.54) is 0 Å². The zero-order chi connectivity index (χ0) is 24.5. The summed E-state index contributed by atoms with van der Waals surface area (Å²) in [7, 11) is -1.82. The van der Waals surface area contributed by atoms with Gasteiger partial charge in [0, 0.05) is 32.5 Å². The summed E-state index contributed by atoms with van der Waals surface area (Å²) in [6, 6.07) is 12.1. The van der Waals surface area contributed by atoms with Gasteiger partial charge in [0.05, 0.1) is 24.4 Å². The van der Waals surface area contributed by atoms with Crippen LogP contribution >= 0.6 is 0 Å². The molecule has 6 nitrogen and oxygen atoms in total. The zero-order valence-corrected chi connectivity index (χ0v) is 22.6. The monoisotopic (exact) mass is 481 g/mol. The molecule has 3 heterocycles. The molecule has 2 aliphatic heterocycles. The fraction of sp³-hybridized carbons (Fsp3) is 0.556. The molecule has 0 N–H and O–H groups in total. The Bertz CT molecular complexity index is 1010. The fourth-order valence-electron chi connectivity index (χ4n) is 4.37. The Hall–Kier alpha value is -2.38. The van der Waals surface area contributed by atoms with Gasteiger partial charge in [-0.3, -0.25) is 4.79 Å².